The lowest BCUT2D eigenvalue weighted by molar-refractivity contribution is 0.597. The molecule has 0 saturated heterocycles. The molecule has 1 fully saturated rings. The Morgan fingerprint density at radius 2 is 2.10 bits per heavy atom. The summed E-state index contributed by atoms with van der Waals surface area (Å²) >= 11 is 5.21. The number of nitrogens with zero attached hydrogens (tertiary/aromatic N) is 1. The number of aromatic amines is 1. The summed E-state index contributed by atoms with van der Waals surface area (Å²) in [5.74, 6) is 0.0262. The van der Waals surface area contributed by atoms with Crippen molar-refractivity contribution in [2.75, 3.05) is 5.75 Å². The van der Waals surface area contributed by atoms with Crippen LogP contribution in [0.1, 0.15) is 25.8 Å². The second-order valence-electron chi connectivity index (χ2n) is 4.95. The number of hydrogen-bond acceptors (Lipinski definition) is 4. The van der Waals surface area contributed by atoms with Crippen LogP contribution < -0.4 is 5.56 Å². The molecule has 3 rings (SSSR count). The highest BCUT2D eigenvalue weighted by molar-refractivity contribution is 7.91. The molecule has 106 valence electrons. The van der Waals surface area contributed by atoms with Gasteiger partial charge in [-0.1, -0.05) is 6.92 Å². The molecule has 5 nitrogen and oxygen atoms in total. The summed E-state index contributed by atoms with van der Waals surface area (Å²) in [4.78, 5) is 15.6. The maximum atomic E-state index is 12.4. The monoisotopic (exact) mass is 310 g/mol. The van der Waals surface area contributed by atoms with Gasteiger partial charge in [-0.3, -0.25) is 9.36 Å². The molecule has 1 aliphatic carbocycles. The van der Waals surface area contributed by atoms with E-state index in [-0.39, 0.29) is 22.2 Å². The van der Waals surface area contributed by atoms with Gasteiger partial charge in [-0.05, 0) is 43.3 Å². The normalized spacial score (nSPS) is 15.7. The van der Waals surface area contributed by atoms with Crippen molar-refractivity contribution >= 4 is 33.0 Å². The zero-order valence-corrected chi connectivity index (χ0v) is 12.6. The second kappa shape index (κ2) is 4.53. The number of sulfone groups is 1. The van der Waals surface area contributed by atoms with E-state index in [2.05, 4.69) is 4.98 Å². The molecule has 1 heterocycles. The Morgan fingerprint density at radius 3 is 2.70 bits per heavy atom. The fourth-order valence-corrected chi connectivity index (χ4v) is 3.48. The molecule has 0 amide bonds. The van der Waals surface area contributed by atoms with Crippen LogP contribution in [-0.2, 0) is 9.84 Å². The fourth-order valence-electron chi connectivity index (χ4n) is 2.24. The smallest absolute Gasteiger partial charge is 0.262 e. The lowest BCUT2D eigenvalue weighted by atomic mass is 10.2. The molecular weight excluding hydrogens is 296 g/mol. The number of aromatic nitrogens is 2. The van der Waals surface area contributed by atoms with E-state index in [1.54, 1.807) is 17.6 Å². The van der Waals surface area contributed by atoms with Crippen LogP contribution >= 0.6 is 12.2 Å². The van der Waals surface area contributed by atoms with Crippen LogP contribution in [0.4, 0.5) is 0 Å². The maximum Gasteiger partial charge on any atom is 0.262 e. The van der Waals surface area contributed by atoms with Crippen LogP contribution in [-0.4, -0.2) is 23.7 Å². The van der Waals surface area contributed by atoms with Crippen LogP contribution in [0.5, 0.6) is 0 Å². The summed E-state index contributed by atoms with van der Waals surface area (Å²) in [6.07, 6.45) is 1.93. The number of benzene rings is 1. The first-order valence-corrected chi connectivity index (χ1v) is 8.51. The largest absolute Gasteiger partial charge is 0.332 e. The summed E-state index contributed by atoms with van der Waals surface area (Å²) in [6, 6.07) is 4.72. The summed E-state index contributed by atoms with van der Waals surface area (Å²) in [6.45, 7) is 1.59. The lowest BCUT2D eigenvalue weighted by Gasteiger charge is -2.08. The standard InChI is InChI=1S/C13H14N2O3S2/c1-2-20(17,18)9-5-6-10-11(7-9)14-13(19)15(12(10)16)8-3-4-8/h5-8H,2-4H2,1H3,(H,14,19). The highest BCUT2D eigenvalue weighted by Gasteiger charge is 2.26. The average Bonchev–Trinajstić information content (AvgIpc) is 3.22. The van der Waals surface area contributed by atoms with Crippen LogP contribution in [0.2, 0.25) is 0 Å². The van der Waals surface area contributed by atoms with Gasteiger partial charge in [0.25, 0.3) is 5.56 Å². The second-order valence-corrected chi connectivity index (χ2v) is 7.61. The summed E-state index contributed by atoms with van der Waals surface area (Å²) in [7, 11) is -3.29. The molecule has 1 aromatic carbocycles. The van der Waals surface area contributed by atoms with E-state index in [0.29, 0.717) is 15.7 Å². The summed E-state index contributed by atoms with van der Waals surface area (Å²) in [5.41, 5.74) is 0.332. The Labute approximate surface area is 121 Å². The zero-order chi connectivity index (χ0) is 14.5. The number of nitrogens with one attached hydrogen (secondary N) is 1. The van der Waals surface area contributed by atoms with Crippen LogP contribution in [0.3, 0.4) is 0 Å². The van der Waals surface area contributed by atoms with Crippen LogP contribution in [0, 0.1) is 4.77 Å². The highest BCUT2D eigenvalue weighted by atomic mass is 32.2. The molecule has 0 spiro atoms. The van der Waals surface area contributed by atoms with Gasteiger partial charge in [-0.15, -0.1) is 0 Å². The van der Waals surface area contributed by atoms with Gasteiger partial charge in [0.15, 0.2) is 14.6 Å². The topological polar surface area (TPSA) is 71.9 Å². The molecule has 1 aromatic heterocycles. The molecule has 0 aliphatic heterocycles. The molecule has 7 heteroatoms. The number of H-pyrrole nitrogens is 1. The zero-order valence-electron chi connectivity index (χ0n) is 10.9. The summed E-state index contributed by atoms with van der Waals surface area (Å²) in [5, 5.41) is 0.473. The van der Waals surface area contributed by atoms with Gasteiger partial charge >= 0.3 is 0 Å². The first kappa shape index (κ1) is 13.5. The van der Waals surface area contributed by atoms with Crippen molar-refractivity contribution in [3.8, 4) is 0 Å². The van der Waals surface area contributed by atoms with E-state index >= 15 is 0 Å². The van der Waals surface area contributed by atoms with Crippen molar-refractivity contribution in [2.45, 2.75) is 30.7 Å². The van der Waals surface area contributed by atoms with E-state index in [0.717, 1.165) is 12.8 Å². The van der Waals surface area contributed by atoms with Crippen molar-refractivity contribution in [1.29, 1.82) is 0 Å². The third-order valence-corrected chi connectivity index (χ3v) is 5.58. The van der Waals surface area contributed by atoms with Crippen molar-refractivity contribution in [1.82, 2.24) is 9.55 Å². The SMILES string of the molecule is CCS(=O)(=O)c1ccc2c(=O)n(C3CC3)c(=S)[nH]c2c1. The Balaban J connectivity index is 2.30. The van der Waals surface area contributed by atoms with Gasteiger partial charge in [-0.2, -0.15) is 0 Å². The van der Waals surface area contributed by atoms with E-state index in [4.69, 9.17) is 12.2 Å². The Kier molecular flexibility index (Phi) is 3.06. The van der Waals surface area contributed by atoms with Gasteiger partial charge in [0.05, 0.1) is 21.6 Å². The molecule has 2 aromatic rings. The molecular formula is C13H14N2O3S2. The van der Waals surface area contributed by atoms with Gasteiger partial charge in [0, 0.05) is 6.04 Å². The quantitative estimate of drug-likeness (QED) is 0.882. The fraction of sp³-hybridized carbons (Fsp3) is 0.385. The minimum absolute atomic E-state index is 0.0262. The van der Waals surface area contributed by atoms with E-state index in [1.165, 1.54) is 12.1 Å². The minimum Gasteiger partial charge on any atom is -0.332 e. The average molecular weight is 310 g/mol. The minimum atomic E-state index is -3.29. The van der Waals surface area contributed by atoms with Gasteiger partial charge < -0.3 is 4.98 Å². The van der Waals surface area contributed by atoms with Crippen molar-refractivity contribution < 1.29 is 8.42 Å². The van der Waals surface area contributed by atoms with Crippen molar-refractivity contribution in [3.05, 3.63) is 33.3 Å². The maximum absolute atomic E-state index is 12.4. The molecule has 0 atom stereocenters. The van der Waals surface area contributed by atoms with Crippen molar-refractivity contribution in [3.63, 3.8) is 0 Å². The molecule has 0 unspecified atom stereocenters. The van der Waals surface area contributed by atoms with Gasteiger partial charge in [0.2, 0.25) is 0 Å². The molecule has 20 heavy (non-hydrogen) atoms. The third kappa shape index (κ3) is 2.10. The van der Waals surface area contributed by atoms with Gasteiger partial charge in [0.1, 0.15) is 0 Å². The van der Waals surface area contributed by atoms with Crippen LogP contribution in [0.25, 0.3) is 10.9 Å². The van der Waals surface area contributed by atoms with Crippen LogP contribution in [0.15, 0.2) is 27.9 Å². The van der Waals surface area contributed by atoms with Gasteiger partial charge in [-0.25, -0.2) is 8.42 Å². The Bertz CT molecular complexity index is 905. The molecule has 1 N–H and O–H groups in total. The first-order valence-electron chi connectivity index (χ1n) is 6.45. The highest BCUT2D eigenvalue weighted by Crippen LogP contribution is 2.33. The molecule has 0 bridgehead atoms. The molecule has 1 saturated carbocycles. The van der Waals surface area contributed by atoms with Crippen molar-refractivity contribution in [2.24, 2.45) is 0 Å². The Morgan fingerprint density at radius 1 is 1.40 bits per heavy atom. The third-order valence-electron chi connectivity index (χ3n) is 3.55. The lowest BCUT2D eigenvalue weighted by Crippen LogP contribution is -2.21. The molecule has 0 radical (unpaired) electrons. The number of hydrogen-bond donors (Lipinski definition) is 1. The number of fused-ring (bicyclic) bond motifs is 1. The predicted octanol–water partition coefficient (Wildman–Crippen LogP) is 2.19. The first-order chi connectivity index (χ1) is 9.44. The Hall–Kier alpha value is -1.47. The predicted molar refractivity (Wildman–Crippen MR) is 79.4 cm³/mol. The number of rotatable bonds is 3. The summed E-state index contributed by atoms with van der Waals surface area (Å²) < 4.78 is 25.7. The van der Waals surface area contributed by atoms with E-state index in [9.17, 15) is 13.2 Å². The molecule has 1 aliphatic rings. The van der Waals surface area contributed by atoms with E-state index < -0.39 is 9.84 Å². The van der Waals surface area contributed by atoms with E-state index in [1.807, 2.05) is 0 Å².